The molecule has 7 heavy (non-hydrogen) atoms. The Bertz CT molecular complexity index is 115. The molecule has 0 aromatic heterocycles. The second-order valence-electron chi connectivity index (χ2n) is 1.06. The van der Waals surface area contributed by atoms with Crippen molar-refractivity contribution >= 4 is 12.2 Å². The molecule has 4 nitrogen and oxygen atoms in total. The van der Waals surface area contributed by atoms with Gasteiger partial charge in [0.15, 0.2) is 13.0 Å². The van der Waals surface area contributed by atoms with Gasteiger partial charge in [0, 0.05) is 0 Å². The predicted molar refractivity (Wildman–Crippen MR) is 23.7 cm³/mol. The first-order valence-electron chi connectivity index (χ1n) is 1.78. The Morgan fingerprint density at radius 3 is 3.14 bits per heavy atom. The highest BCUT2D eigenvalue weighted by molar-refractivity contribution is 5.92. The van der Waals surface area contributed by atoms with Gasteiger partial charge in [-0.15, -0.1) is 0 Å². The Morgan fingerprint density at radius 1 is 2.00 bits per heavy atom. The molecular formula is C3H4N2O2. The van der Waals surface area contributed by atoms with E-state index < -0.39 is 0 Å². The van der Waals surface area contributed by atoms with Crippen LogP contribution in [0.2, 0.25) is 0 Å². The van der Waals surface area contributed by atoms with E-state index in [4.69, 9.17) is 5.21 Å². The third-order valence-electron chi connectivity index (χ3n) is 0.604. The predicted octanol–water partition coefficient (Wildman–Crippen LogP) is -0.167. The molecule has 0 spiro atoms. The summed E-state index contributed by atoms with van der Waals surface area (Å²) in [6, 6.07) is 0. The van der Waals surface area contributed by atoms with Gasteiger partial charge in [-0.1, -0.05) is 5.16 Å². The van der Waals surface area contributed by atoms with Crippen LogP contribution in [0.3, 0.4) is 0 Å². The molecule has 1 rings (SSSR count). The topological polar surface area (TPSA) is 54.2 Å². The van der Waals surface area contributed by atoms with Gasteiger partial charge in [0.1, 0.15) is 0 Å². The SMILES string of the molecule is ON=C1COC=N1. The van der Waals surface area contributed by atoms with Crippen molar-refractivity contribution in [3.8, 4) is 0 Å². The van der Waals surface area contributed by atoms with Crippen LogP contribution in [-0.4, -0.2) is 24.1 Å². The lowest BCUT2D eigenvalue weighted by Gasteiger charge is -1.81. The number of rotatable bonds is 0. The molecule has 1 heterocycles. The number of nitrogens with zero attached hydrogens (tertiary/aromatic N) is 2. The Hall–Kier alpha value is -1.06. The van der Waals surface area contributed by atoms with E-state index in [1.807, 2.05) is 0 Å². The molecular weight excluding hydrogens is 96.0 g/mol. The lowest BCUT2D eigenvalue weighted by atomic mass is 10.7. The minimum absolute atomic E-state index is 0.288. The first-order chi connectivity index (χ1) is 3.43. The number of ether oxygens (including phenoxy) is 1. The fraction of sp³-hybridized carbons (Fsp3) is 0.333. The van der Waals surface area contributed by atoms with E-state index in [9.17, 15) is 0 Å². The number of aliphatic imine (C=N–C) groups is 1. The number of hydrogen-bond acceptors (Lipinski definition) is 3. The highest BCUT2D eigenvalue weighted by Gasteiger charge is 2.00. The van der Waals surface area contributed by atoms with Gasteiger partial charge in [0.25, 0.3) is 0 Å². The zero-order valence-electron chi connectivity index (χ0n) is 3.53. The van der Waals surface area contributed by atoms with Crippen molar-refractivity contribution in [3.05, 3.63) is 0 Å². The second-order valence-corrected chi connectivity index (χ2v) is 1.06. The summed E-state index contributed by atoms with van der Waals surface area (Å²) >= 11 is 0. The highest BCUT2D eigenvalue weighted by Crippen LogP contribution is 1.87. The van der Waals surface area contributed by atoms with E-state index in [0.717, 1.165) is 0 Å². The molecule has 0 radical (unpaired) electrons. The molecule has 0 aliphatic carbocycles. The maximum Gasteiger partial charge on any atom is 0.208 e. The van der Waals surface area contributed by atoms with Gasteiger partial charge < -0.3 is 9.94 Å². The Balaban J connectivity index is 2.59. The molecule has 0 amide bonds. The third-order valence-corrected chi connectivity index (χ3v) is 0.604. The second kappa shape index (κ2) is 1.59. The number of amidine groups is 1. The molecule has 0 aromatic rings. The van der Waals surface area contributed by atoms with Crippen molar-refractivity contribution in [1.82, 2.24) is 0 Å². The van der Waals surface area contributed by atoms with Crippen LogP contribution in [0, 0.1) is 0 Å². The van der Waals surface area contributed by atoms with Gasteiger partial charge in [0.2, 0.25) is 5.84 Å². The monoisotopic (exact) mass is 100 g/mol. The molecule has 38 valence electrons. The molecule has 1 aliphatic heterocycles. The van der Waals surface area contributed by atoms with Crippen LogP contribution in [0.4, 0.5) is 0 Å². The largest absolute Gasteiger partial charge is 0.475 e. The van der Waals surface area contributed by atoms with Crippen LogP contribution in [0.5, 0.6) is 0 Å². The first kappa shape index (κ1) is 4.11. The molecule has 1 aliphatic rings. The number of oxime groups is 1. The minimum Gasteiger partial charge on any atom is -0.475 e. The summed E-state index contributed by atoms with van der Waals surface area (Å²) in [7, 11) is 0. The lowest BCUT2D eigenvalue weighted by molar-refractivity contribution is 0.311. The van der Waals surface area contributed by atoms with Crippen LogP contribution in [0.25, 0.3) is 0 Å². The summed E-state index contributed by atoms with van der Waals surface area (Å²) < 4.78 is 4.57. The van der Waals surface area contributed by atoms with Gasteiger partial charge in [-0.25, -0.2) is 0 Å². The molecule has 0 atom stereocenters. The molecule has 0 bridgehead atoms. The van der Waals surface area contributed by atoms with Crippen LogP contribution in [-0.2, 0) is 4.74 Å². The minimum atomic E-state index is 0.288. The van der Waals surface area contributed by atoms with Crippen LogP contribution in [0.1, 0.15) is 0 Å². The van der Waals surface area contributed by atoms with Gasteiger partial charge in [0.05, 0.1) is 0 Å². The van der Waals surface area contributed by atoms with E-state index >= 15 is 0 Å². The normalized spacial score (nSPS) is 23.1. The molecule has 1 N–H and O–H groups in total. The average Bonchev–Trinajstić information content (AvgIpc) is 2.14. The Kier molecular flexibility index (Phi) is 0.934. The van der Waals surface area contributed by atoms with Crippen molar-refractivity contribution in [2.75, 3.05) is 6.61 Å². The van der Waals surface area contributed by atoms with E-state index in [2.05, 4.69) is 14.9 Å². The van der Waals surface area contributed by atoms with Gasteiger partial charge in [-0.3, -0.25) is 0 Å². The molecule has 0 fully saturated rings. The van der Waals surface area contributed by atoms with Crippen molar-refractivity contribution in [2.45, 2.75) is 0 Å². The Morgan fingerprint density at radius 2 is 2.86 bits per heavy atom. The number of hydrogen-bond donors (Lipinski definition) is 1. The van der Waals surface area contributed by atoms with Gasteiger partial charge in [-0.05, 0) is 0 Å². The summed E-state index contributed by atoms with van der Waals surface area (Å²) in [4.78, 5) is 3.51. The fourth-order valence-corrected chi connectivity index (χ4v) is 0.302. The van der Waals surface area contributed by atoms with Crippen molar-refractivity contribution < 1.29 is 9.94 Å². The zero-order valence-corrected chi connectivity index (χ0v) is 3.53. The smallest absolute Gasteiger partial charge is 0.208 e. The van der Waals surface area contributed by atoms with E-state index in [1.165, 1.54) is 6.40 Å². The average molecular weight is 100 g/mol. The molecule has 0 aromatic carbocycles. The summed E-state index contributed by atoms with van der Waals surface area (Å²) in [5, 5.41) is 10.7. The molecule has 0 saturated carbocycles. The van der Waals surface area contributed by atoms with E-state index in [-0.39, 0.29) is 6.61 Å². The van der Waals surface area contributed by atoms with Crippen molar-refractivity contribution in [1.29, 1.82) is 0 Å². The van der Waals surface area contributed by atoms with Crippen LogP contribution >= 0.6 is 0 Å². The zero-order chi connectivity index (χ0) is 5.11. The van der Waals surface area contributed by atoms with Gasteiger partial charge >= 0.3 is 0 Å². The van der Waals surface area contributed by atoms with Crippen molar-refractivity contribution in [3.63, 3.8) is 0 Å². The molecule has 0 saturated heterocycles. The maximum atomic E-state index is 7.96. The van der Waals surface area contributed by atoms with E-state index in [1.54, 1.807) is 0 Å². The van der Waals surface area contributed by atoms with E-state index in [0.29, 0.717) is 5.84 Å². The lowest BCUT2D eigenvalue weighted by Crippen LogP contribution is -1.94. The van der Waals surface area contributed by atoms with Crippen LogP contribution in [0.15, 0.2) is 10.1 Å². The standard InChI is InChI=1S/C3H4N2O2/c6-5-3-1-7-2-4-3/h2,6H,1H2. The highest BCUT2D eigenvalue weighted by atomic mass is 16.5. The summed E-state index contributed by atoms with van der Waals surface area (Å²) in [5.74, 6) is 0.319. The maximum absolute atomic E-state index is 7.96. The summed E-state index contributed by atoms with van der Waals surface area (Å²) in [5.41, 5.74) is 0. The Labute approximate surface area is 40.1 Å². The summed E-state index contributed by atoms with van der Waals surface area (Å²) in [6.07, 6.45) is 1.25. The fourth-order valence-electron chi connectivity index (χ4n) is 0.302. The quantitative estimate of drug-likeness (QED) is 0.339. The summed E-state index contributed by atoms with van der Waals surface area (Å²) in [6.45, 7) is 0.288. The molecule has 0 unspecified atom stereocenters. The third kappa shape index (κ3) is 0.677. The first-order valence-corrected chi connectivity index (χ1v) is 1.78. The van der Waals surface area contributed by atoms with Gasteiger partial charge in [-0.2, -0.15) is 4.99 Å². The van der Waals surface area contributed by atoms with Crippen molar-refractivity contribution in [2.24, 2.45) is 10.1 Å². The molecule has 4 heteroatoms. The van der Waals surface area contributed by atoms with Crippen LogP contribution < -0.4 is 0 Å².